The van der Waals surface area contributed by atoms with Gasteiger partial charge in [-0.1, -0.05) is 43.2 Å². The van der Waals surface area contributed by atoms with Crippen LogP contribution in [0.4, 0.5) is 4.79 Å². The van der Waals surface area contributed by atoms with E-state index in [4.69, 9.17) is 19.4 Å². The Labute approximate surface area is 294 Å². The van der Waals surface area contributed by atoms with Gasteiger partial charge in [0.2, 0.25) is 17.7 Å². The summed E-state index contributed by atoms with van der Waals surface area (Å²) < 4.78 is 12.0. The topological polar surface area (TPSA) is 176 Å². The summed E-state index contributed by atoms with van der Waals surface area (Å²) in [5.74, 6) is -1.64. The van der Waals surface area contributed by atoms with E-state index >= 15 is 0 Å². The summed E-state index contributed by atoms with van der Waals surface area (Å²) in [6.45, 7) is 5.24. The summed E-state index contributed by atoms with van der Waals surface area (Å²) in [4.78, 5) is 66.6. The first-order valence-corrected chi connectivity index (χ1v) is 17.8. The number of fused-ring (bicyclic) bond motifs is 3. The molecule has 14 heteroatoms. The Bertz CT molecular complexity index is 1830. The van der Waals surface area contributed by atoms with Crippen molar-refractivity contribution < 1.29 is 28.7 Å². The van der Waals surface area contributed by atoms with Gasteiger partial charge in [0.1, 0.15) is 35.0 Å². The van der Waals surface area contributed by atoms with Gasteiger partial charge in [-0.2, -0.15) is 5.26 Å². The van der Waals surface area contributed by atoms with Crippen molar-refractivity contribution in [1.29, 1.82) is 5.26 Å². The predicted octanol–water partition coefficient (Wildman–Crippen LogP) is 4.59. The van der Waals surface area contributed by atoms with E-state index in [0.717, 1.165) is 24.1 Å². The highest BCUT2D eigenvalue weighted by atomic mass is 32.1. The van der Waals surface area contributed by atoms with Gasteiger partial charge in [-0.15, -0.1) is 11.3 Å². The first-order valence-electron chi connectivity index (χ1n) is 16.9. The number of nitrogens with one attached hydrogen (secondary N) is 3. The summed E-state index contributed by atoms with van der Waals surface area (Å²) in [5, 5.41) is 19.0. The second-order valence-corrected chi connectivity index (χ2v) is 14.9. The molecule has 2 aliphatic heterocycles. The minimum absolute atomic E-state index is 0.0164. The van der Waals surface area contributed by atoms with Crippen LogP contribution in [-0.4, -0.2) is 74.6 Å². The third kappa shape index (κ3) is 7.73. The maximum atomic E-state index is 14.4. The highest BCUT2D eigenvalue weighted by Gasteiger charge is 2.61. The normalized spacial score (nSPS) is 26.2. The van der Waals surface area contributed by atoms with E-state index in [1.807, 2.05) is 53.9 Å². The number of hydrogen-bond donors (Lipinski definition) is 3. The standard InChI is InChI=1S/C36H41N7O6S/c1-35(2,3)49-34(47)41-26-15-8-6-4-5-7-12-22-19-36(22,33(46)38-21-37)42-30(44)27-18-23(20-43(27)32(26)45)48-31-29(28-16-11-17-50-28)39-24-13-9-10-14-25(24)40-31/h7,9-14,16-17,22-23,26-27H,4-6,8,15,18-20H2,1-3H3,(H,38,46)(H,41,47)(H,42,44)/b12-7-/t22-,23-,26+,27+,36-/m1/s1. The number of benzene rings is 1. The van der Waals surface area contributed by atoms with Crippen LogP contribution in [0.15, 0.2) is 53.9 Å². The molecule has 0 radical (unpaired) electrons. The Hall–Kier alpha value is -5.03. The fourth-order valence-electron chi connectivity index (χ4n) is 6.58. The highest BCUT2D eigenvalue weighted by molar-refractivity contribution is 7.13. The van der Waals surface area contributed by atoms with Crippen molar-refractivity contribution in [3.05, 3.63) is 53.9 Å². The molecule has 2 fully saturated rings. The van der Waals surface area contributed by atoms with Crippen molar-refractivity contribution >= 4 is 46.2 Å². The van der Waals surface area contributed by atoms with E-state index < -0.39 is 53.1 Å². The van der Waals surface area contributed by atoms with Crippen molar-refractivity contribution in [2.45, 2.75) is 95.0 Å². The average Bonchev–Trinajstić information content (AvgIpc) is 3.38. The zero-order valence-electron chi connectivity index (χ0n) is 28.3. The maximum Gasteiger partial charge on any atom is 0.408 e. The number of aromatic nitrogens is 2. The van der Waals surface area contributed by atoms with E-state index in [2.05, 4.69) is 16.0 Å². The van der Waals surface area contributed by atoms with Crippen LogP contribution < -0.4 is 20.7 Å². The monoisotopic (exact) mass is 699 g/mol. The molecule has 50 heavy (non-hydrogen) atoms. The number of amides is 4. The van der Waals surface area contributed by atoms with Crippen LogP contribution in [0.5, 0.6) is 5.88 Å². The number of hydrogen-bond acceptors (Lipinski definition) is 10. The minimum Gasteiger partial charge on any atom is -0.471 e. The number of carbonyl (C=O) groups excluding carboxylic acids is 4. The van der Waals surface area contributed by atoms with E-state index in [9.17, 15) is 24.4 Å². The van der Waals surface area contributed by atoms with Crippen molar-refractivity contribution in [3.63, 3.8) is 0 Å². The lowest BCUT2D eigenvalue weighted by atomic mass is 10.0. The van der Waals surface area contributed by atoms with Gasteiger partial charge in [0.25, 0.3) is 5.91 Å². The number of ether oxygens (including phenoxy) is 2. The van der Waals surface area contributed by atoms with Crippen LogP contribution in [0.3, 0.4) is 0 Å². The Morgan fingerprint density at radius 1 is 1.10 bits per heavy atom. The van der Waals surface area contributed by atoms with Crippen LogP contribution >= 0.6 is 11.3 Å². The average molecular weight is 700 g/mol. The fourth-order valence-corrected chi connectivity index (χ4v) is 7.28. The summed E-state index contributed by atoms with van der Waals surface area (Å²) in [7, 11) is 0. The second-order valence-electron chi connectivity index (χ2n) is 13.9. The van der Waals surface area contributed by atoms with Gasteiger partial charge in [-0.05, 0) is 70.0 Å². The summed E-state index contributed by atoms with van der Waals surface area (Å²) >= 11 is 1.49. The van der Waals surface area contributed by atoms with Crippen molar-refractivity contribution in [2.24, 2.45) is 5.92 Å². The number of para-hydroxylation sites is 2. The van der Waals surface area contributed by atoms with E-state index in [0.29, 0.717) is 36.0 Å². The van der Waals surface area contributed by atoms with E-state index in [1.54, 1.807) is 27.0 Å². The largest absolute Gasteiger partial charge is 0.471 e. The molecule has 1 aliphatic carbocycles. The maximum absolute atomic E-state index is 14.4. The summed E-state index contributed by atoms with van der Waals surface area (Å²) in [6.07, 6.45) is 7.96. The van der Waals surface area contributed by atoms with Gasteiger partial charge >= 0.3 is 6.09 Å². The van der Waals surface area contributed by atoms with E-state index in [1.165, 1.54) is 16.2 Å². The zero-order valence-corrected chi connectivity index (χ0v) is 29.1. The lowest BCUT2D eigenvalue weighted by Gasteiger charge is -2.30. The second kappa shape index (κ2) is 14.4. The number of carbonyl (C=O) groups is 4. The third-order valence-corrected chi connectivity index (χ3v) is 9.95. The van der Waals surface area contributed by atoms with E-state index in [-0.39, 0.29) is 24.8 Å². The molecule has 1 saturated heterocycles. The molecule has 13 nitrogen and oxygen atoms in total. The van der Waals surface area contributed by atoms with Gasteiger partial charge in [0.05, 0.1) is 22.5 Å². The smallest absolute Gasteiger partial charge is 0.408 e. The molecule has 262 valence electrons. The van der Waals surface area contributed by atoms with Crippen LogP contribution in [0.1, 0.15) is 65.7 Å². The molecule has 1 saturated carbocycles. The lowest BCUT2D eigenvalue weighted by Crippen LogP contribution is -2.57. The number of rotatable bonds is 5. The lowest BCUT2D eigenvalue weighted by molar-refractivity contribution is -0.141. The molecule has 2 aromatic heterocycles. The predicted molar refractivity (Wildman–Crippen MR) is 186 cm³/mol. The molecule has 5 atom stereocenters. The van der Waals surface area contributed by atoms with Gasteiger partial charge in [-0.3, -0.25) is 19.7 Å². The molecule has 3 N–H and O–H groups in total. The quantitative estimate of drug-likeness (QED) is 0.195. The number of alkyl carbamates (subject to hydrolysis) is 1. The number of nitriles is 1. The van der Waals surface area contributed by atoms with Crippen molar-refractivity contribution in [3.8, 4) is 22.6 Å². The Morgan fingerprint density at radius 2 is 1.88 bits per heavy atom. The molecule has 0 spiro atoms. The number of allylic oxidation sites excluding steroid dienone is 1. The summed E-state index contributed by atoms with van der Waals surface area (Å²) in [5.41, 5.74) is -0.231. The fraction of sp³-hybridized carbons (Fsp3) is 0.472. The molecule has 1 aromatic carbocycles. The zero-order chi connectivity index (χ0) is 35.5. The molecule has 3 aromatic rings. The molecule has 0 unspecified atom stereocenters. The highest BCUT2D eigenvalue weighted by Crippen LogP contribution is 2.45. The van der Waals surface area contributed by atoms with Gasteiger partial charge < -0.3 is 25.0 Å². The Kier molecular flexibility index (Phi) is 10.1. The van der Waals surface area contributed by atoms with Crippen LogP contribution in [0.2, 0.25) is 0 Å². The van der Waals surface area contributed by atoms with Crippen molar-refractivity contribution in [2.75, 3.05) is 6.54 Å². The Morgan fingerprint density at radius 3 is 2.60 bits per heavy atom. The van der Waals surface area contributed by atoms with Crippen LogP contribution in [-0.2, 0) is 19.1 Å². The Balaban J connectivity index is 1.34. The van der Waals surface area contributed by atoms with Gasteiger partial charge in [0.15, 0.2) is 6.19 Å². The minimum atomic E-state index is -1.32. The van der Waals surface area contributed by atoms with Crippen molar-refractivity contribution in [1.82, 2.24) is 30.8 Å². The first kappa shape index (κ1) is 34.8. The number of nitrogens with zero attached hydrogens (tertiary/aromatic N) is 4. The number of thiophene rings is 1. The molecular weight excluding hydrogens is 659 g/mol. The SMILES string of the molecule is CC(C)(C)OC(=O)N[C@H]1CCCCC/C=C\[C@@H]2C[C@@]2(C(=O)NC#N)NC(=O)[C@@H]2C[C@@H](Oc3nc4ccccc4nc3-c3cccs3)CN2C1=O. The molecular formula is C36H41N7O6S. The van der Waals surface area contributed by atoms with Crippen LogP contribution in [0, 0.1) is 17.4 Å². The molecule has 0 bridgehead atoms. The molecule has 6 rings (SSSR count). The van der Waals surface area contributed by atoms with Crippen LogP contribution in [0.25, 0.3) is 21.6 Å². The van der Waals surface area contributed by atoms with Gasteiger partial charge in [-0.25, -0.2) is 14.8 Å². The summed E-state index contributed by atoms with van der Waals surface area (Å²) in [6, 6.07) is 9.27. The molecule has 4 heterocycles. The first-order chi connectivity index (χ1) is 24.0. The molecule has 4 amide bonds. The molecule has 3 aliphatic rings. The van der Waals surface area contributed by atoms with Gasteiger partial charge in [0, 0.05) is 12.3 Å². The third-order valence-electron chi connectivity index (χ3n) is 9.08.